The summed E-state index contributed by atoms with van der Waals surface area (Å²) in [5.41, 5.74) is 1.75. The molecule has 8 heteroatoms. The molecule has 0 saturated carbocycles. The van der Waals surface area contributed by atoms with Crippen LogP contribution in [-0.4, -0.2) is 67.8 Å². The SMILES string of the molecule is COc1ccc([C@H]2N(C(=O)CN3CCCCC3)[C@@H](C)CN2S(=O)(=O)c2ccc(C)cc2)cc1. The van der Waals surface area contributed by atoms with E-state index in [2.05, 4.69) is 4.90 Å². The van der Waals surface area contributed by atoms with Crippen LogP contribution in [0.1, 0.15) is 43.5 Å². The lowest BCUT2D eigenvalue weighted by atomic mass is 10.1. The van der Waals surface area contributed by atoms with Crippen molar-refractivity contribution in [2.45, 2.75) is 50.2 Å². The first kappa shape index (κ1) is 23.7. The molecule has 178 valence electrons. The average Bonchev–Trinajstić information content (AvgIpc) is 3.18. The van der Waals surface area contributed by atoms with Gasteiger partial charge in [0.05, 0.1) is 18.6 Å². The maximum Gasteiger partial charge on any atom is 0.245 e. The zero-order chi connectivity index (χ0) is 23.6. The van der Waals surface area contributed by atoms with Crippen LogP contribution in [0.25, 0.3) is 0 Å². The molecule has 1 amide bonds. The standard InChI is InChI=1S/C25H33N3O4S/c1-19-7-13-23(14-8-19)33(30,31)27-17-20(2)28(24(29)18-26-15-5-4-6-16-26)25(27)21-9-11-22(32-3)12-10-21/h7-14,20,25H,4-6,15-18H2,1-3H3/t20-,25+/m0/s1. The molecule has 2 aliphatic rings. The van der Waals surface area contributed by atoms with Crippen molar-refractivity contribution in [2.24, 2.45) is 0 Å². The lowest BCUT2D eigenvalue weighted by molar-refractivity contribution is -0.136. The molecule has 2 aromatic carbocycles. The van der Waals surface area contributed by atoms with Gasteiger partial charge >= 0.3 is 0 Å². The summed E-state index contributed by atoms with van der Waals surface area (Å²) in [6.07, 6.45) is 2.69. The lowest BCUT2D eigenvalue weighted by Crippen LogP contribution is -2.45. The highest BCUT2D eigenvalue weighted by molar-refractivity contribution is 7.89. The second-order valence-electron chi connectivity index (χ2n) is 9.02. The molecule has 0 aliphatic carbocycles. The van der Waals surface area contributed by atoms with Crippen LogP contribution in [-0.2, 0) is 14.8 Å². The molecule has 2 aliphatic heterocycles. The molecule has 0 radical (unpaired) electrons. The van der Waals surface area contributed by atoms with E-state index >= 15 is 0 Å². The Morgan fingerprint density at radius 1 is 1.00 bits per heavy atom. The molecule has 0 N–H and O–H groups in total. The Bertz CT molecular complexity index is 1060. The Kier molecular flexibility index (Phi) is 7.07. The summed E-state index contributed by atoms with van der Waals surface area (Å²) in [6.45, 7) is 6.23. The predicted molar refractivity (Wildman–Crippen MR) is 127 cm³/mol. The molecule has 2 aromatic rings. The Hall–Kier alpha value is -2.42. The number of hydrogen-bond donors (Lipinski definition) is 0. The maximum absolute atomic E-state index is 13.7. The topological polar surface area (TPSA) is 70.2 Å². The molecule has 2 saturated heterocycles. The van der Waals surface area contributed by atoms with E-state index in [0.717, 1.165) is 37.1 Å². The molecule has 0 bridgehead atoms. The number of benzene rings is 2. The zero-order valence-electron chi connectivity index (χ0n) is 19.6. The van der Waals surface area contributed by atoms with Crippen molar-refractivity contribution in [2.75, 3.05) is 33.3 Å². The van der Waals surface area contributed by atoms with Crippen molar-refractivity contribution >= 4 is 15.9 Å². The third kappa shape index (κ3) is 4.93. The first-order valence-electron chi connectivity index (χ1n) is 11.6. The molecule has 33 heavy (non-hydrogen) atoms. The number of sulfonamides is 1. The molecule has 2 fully saturated rings. The van der Waals surface area contributed by atoms with Gasteiger partial charge in [-0.2, -0.15) is 4.31 Å². The van der Waals surface area contributed by atoms with E-state index in [0.29, 0.717) is 12.3 Å². The van der Waals surface area contributed by atoms with Crippen LogP contribution in [0.15, 0.2) is 53.4 Å². The van der Waals surface area contributed by atoms with E-state index in [1.165, 1.54) is 10.7 Å². The molecular formula is C25H33N3O4S. The van der Waals surface area contributed by atoms with E-state index in [4.69, 9.17) is 4.74 Å². The van der Waals surface area contributed by atoms with Gasteiger partial charge in [0.1, 0.15) is 11.9 Å². The molecular weight excluding hydrogens is 438 g/mol. The van der Waals surface area contributed by atoms with Crippen LogP contribution >= 0.6 is 0 Å². The quantitative estimate of drug-likeness (QED) is 0.646. The van der Waals surface area contributed by atoms with Crippen molar-refractivity contribution in [1.29, 1.82) is 0 Å². The summed E-state index contributed by atoms with van der Waals surface area (Å²) in [4.78, 5) is 17.7. The van der Waals surface area contributed by atoms with Crippen LogP contribution in [0, 0.1) is 6.92 Å². The minimum Gasteiger partial charge on any atom is -0.497 e. The smallest absolute Gasteiger partial charge is 0.245 e. The summed E-state index contributed by atoms with van der Waals surface area (Å²) in [5.74, 6) is 0.649. The number of rotatable bonds is 6. The number of piperidine rings is 1. The van der Waals surface area contributed by atoms with Crippen molar-refractivity contribution in [1.82, 2.24) is 14.1 Å². The average molecular weight is 472 g/mol. The summed E-state index contributed by atoms with van der Waals surface area (Å²) in [5, 5.41) is 0. The van der Waals surface area contributed by atoms with E-state index in [1.807, 2.05) is 38.1 Å². The van der Waals surface area contributed by atoms with Gasteiger partial charge in [-0.15, -0.1) is 0 Å². The van der Waals surface area contributed by atoms with Crippen LogP contribution in [0.5, 0.6) is 5.75 Å². The van der Waals surface area contributed by atoms with E-state index in [-0.39, 0.29) is 23.4 Å². The highest BCUT2D eigenvalue weighted by Crippen LogP contribution is 2.38. The van der Waals surface area contributed by atoms with E-state index in [9.17, 15) is 13.2 Å². The van der Waals surface area contributed by atoms with Gasteiger partial charge in [-0.05, 0) is 69.6 Å². The second kappa shape index (κ2) is 9.83. The largest absolute Gasteiger partial charge is 0.497 e. The number of amides is 1. The number of likely N-dealkylation sites (tertiary alicyclic amines) is 1. The highest BCUT2D eigenvalue weighted by Gasteiger charge is 2.47. The van der Waals surface area contributed by atoms with Gasteiger partial charge in [0.2, 0.25) is 15.9 Å². The molecule has 4 rings (SSSR count). The van der Waals surface area contributed by atoms with Gasteiger partial charge in [-0.1, -0.05) is 36.2 Å². The minimum absolute atomic E-state index is 0.0353. The van der Waals surface area contributed by atoms with Gasteiger partial charge in [-0.3, -0.25) is 9.69 Å². The minimum atomic E-state index is -3.81. The normalized spacial score (nSPS) is 22.5. The van der Waals surface area contributed by atoms with Crippen LogP contribution in [0.3, 0.4) is 0 Å². The Balaban J connectivity index is 1.70. The summed E-state index contributed by atoms with van der Waals surface area (Å²) >= 11 is 0. The molecule has 2 atom stereocenters. The van der Waals surface area contributed by atoms with E-state index in [1.54, 1.807) is 36.3 Å². The van der Waals surface area contributed by atoms with Crippen LogP contribution in [0.4, 0.5) is 0 Å². The third-order valence-electron chi connectivity index (χ3n) is 6.59. The Morgan fingerprint density at radius 3 is 2.24 bits per heavy atom. The Morgan fingerprint density at radius 2 is 1.64 bits per heavy atom. The number of methoxy groups -OCH3 is 1. The lowest BCUT2D eigenvalue weighted by Gasteiger charge is -2.34. The number of carbonyl (C=O) groups excluding carboxylic acids is 1. The van der Waals surface area contributed by atoms with Gasteiger partial charge in [0.25, 0.3) is 0 Å². The van der Waals surface area contributed by atoms with Crippen molar-refractivity contribution in [3.8, 4) is 5.75 Å². The second-order valence-corrected chi connectivity index (χ2v) is 10.9. The summed E-state index contributed by atoms with van der Waals surface area (Å²) in [7, 11) is -2.21. The van der Waals surface area contributed by atoms with Gasteiger partial charge in [0, 0.05) is 12.6 Å². The number of aryl methyl sites for hydroxylation is 1. The predicted octanol–water partition coefficient (Wildman–Crippen LogP) is 3.41. The molecule has 2 heterocycles. The Labute approximate surface area is 197 Å². The van der Waals surface area contributed by atoms with Crippen molar-refractivity contribution < 1.29 is 17.9 Å². The number of ether oxygens (including phenoxy) is 1. The number of nitrogens with zero attached hydrogens (tertiary/aromatic N) is 3. The zero-order valence-corrected chi connectivity index (χ0v) is 20.4. The van der Waals surface area contributed by atoms with Gasteiger partial charge in [0.15, 0.2) is 0 Å². The van der Waals surface area contributed by atoms with Crippen molar-refractivity contribution in [3.05, 3.63) is 59.7 Å². The van der Waals surface area contributed by atoms with Gasteiger partial charge in [-0.25, -0.2) is 8.42 Å². The first-order chi connectivity index (χ1) is 15.8. The molecule has 0 spiro atoms. The maximum atomic E-state index is 13.7. The number of carbonyl (C=O) groups is 1. The molecule has 7 nitrogen and oxygen atoms in total. The third-order valence-corrected chi connectivity index (χ3v) is 8.43. The summed E-state index contributed by atoms with van der Waals surface area (Å²) < 4.78 is 34.2. The highest BCUT2D eigenvalue weighted by atomic mass is 32.2. The summed E-state index contributed by atoms with van der Waals surface area (Å²) in [6, 6.07) is 13.9. The van der Waals surface area contributed by atoms with E-state index < -0.39 is 16.2 Å². The fourth-order valence-corrected chi connectivity index (χ4v) is 6.43. The molecule has 0 aromatic heterocycles. The first-order valence-corrected chi connectivity index (χ1v) is 13.0. The number of hydrogen-bond acceptors (Lipinski definition) is 5. The van der Waals surface area contributed by atoms with Crippen LogP contribution in [0.2, 0.25) is 0 Å². The fraction of sp³-hybridized carbons (Fsp3) is 0.480. The van der Waals surface area contributed by atoms with Gasteiger partial charge < -0.3 is 9.64 Å². The van der Waals surface area contributed by atoms with Crippen LogP contribution < -0.4 is 4.74 Å². The monoisotopic (exact) mass is 471 g/mol. The fourth-order valence-electron chi connectivity index (χ4n) is 4.78. The molecule has 0 unspecified atom stereocenters. The van der Waals surface area contributed by atoms with Crippen molar-refractivity contribution in [3.63, 3.8) is 0 Å².